The summed E-state index contributed by atoms with van der Waals surface area (Å²) in [4.78, 5) is 31.9. The predicted molar refractivity (Wildman–Crippen MR) is 117 cm³/mol. The number of para-hydroxylation sites is 1. The van der Waals surface area contributed by atoms with Crippen molar-refractivity contribution in [1.29, 1.82) is 0 Å². The molecule has 166 valence electrons. The lowest BCUT2D eigenvalue weighted by Crippen LogP contribution is -2.37. The molecule has 5 rings (SSSR count). The molecule has 0 spiro atoms. The highest BCUT2D eigenvalue weighted by atomic mass is 16.5. The van der Waals surface area contributed by atoms with Gasteiger partial charge in [-0.05, 0) is 30.7 Å². The van der Waals surface area contributed by atoms with Gasteiger partial charge in [-0.2, -0.15) is 9.90 Å². The van der Waals surface area contributed by atoms with Gasteiger partial charge in [-0.1, -0.05) is 29.4 Å². The minimum atomic E-state index is -0.807. The van der Waals surface area contributed by atoms with Gasteiger partial charge in [0.15, 0.2) is 11.4 Å². The highest BCUT2D eigenvalue weighted by Crippen LogP contribution is 2.29. The number of fused-ring (bicyclic) bond motifs is 1. The summed E-state index contributed by atoms with van der Waals surface area (Å²) < 4.78 is 5.42. The molecule has 0 saturated heterocycles. The van der Waals surface area contributed by atoms with Crippen LogP contribution in [-0.4, -0.2) is 43.4 Å². The number of Topliss-reactive ketones (excluding diaryl/α,β-unsaturated/α-hetero) is 1. The van der Waals surface area contributed by atoms with Crippen molar-refractivity contribution in [2.24, 2.45) is 0 Å². The lowest BCUT2D eigenvalue weighted by Gasteiger charge is -2.21. The van der Waals surface area contributed by atoms with Gasteiger partial charge in [0.1, 0.15) is 11.8 Å². The fraction of sp³-hybridized carbons (Fsp3) is 0.217. The van der Waals surface area contributed by atoms with E-state index in [4.69, 9.17) is 4.52 Å². The number of hydrogen-bond donors (Lipinski definition) is 2. The molecule has 1 atom stereocenters. The molecule has 4 aromatic rings. The van der Waals surface area contributed by atoms with Gasteiger partial charge in [-0.3, -0.25) is 14.6 Å². The van der Waals surface area contributed by atoms with Gasteiger partial charge in [0.2, 0.25) is 5.78 Å². The number of carbonyl (C=O) groups excluding carboxylic acids is 2. The molecule has 0 fully saturated rings. The molecule has 33 heavy (non-hydrogen) atoms. The van der Waals surface area contributed by atoms with Crippen molar-refractivity contribution in [2.75, 3.05) is 6.54 Å². The van der Waals surface area contributed by atoms with Crippen molar-refractivity contribution in [2.45, 2.75) is 25.9 Å². The Hall–Kier alpha value is -4.18. The van der Waals surface area contributed by atoms with Crippen LogP contribution in [0.25, 0.3) is 5.69 Å². The van der Waals surface area contributed by atoms with E-state index in [2.05, 4.69) is 31.0 Å². The lowest BCUT2D eigenvalue weighted by atomic mass is 9.93. The first-order valence-corrected chi connectivity index (χ1v) is 10.5. The van der Waals surface area contributed by atoms with Gasteiger partial charge in [-0.25, -0.2) is 0 Å². The van der Waals surface area contributed by atoms with Gasteiger partial charge in [-0.15, -0.1) is 5.10 Å². The Kier molecular flexibility index (Phi) is 5.49. The number of ketones is 1. The molecule has 0 aliphatic carbocycles. The van der Waals surface area contributed by atoms with Crippen LogP contribution in [0, 0.1) is 6.92 Å². The quantitative estimate of drug-likeness (QED) is 0.433. The maximum atomic E-state index is 13.5. The van der Waals surface area contributed by atoms with Crippen LogP contribution >= 0.6 is 0 Å². The maximum Gasteiger partial charge on any atom is 0.274 e. The number of amides is 1. The molecule has 1 aliphatic heterocycles. The smallest absolute Gasteiger partial charge is 0.274 e. The Morgan fingerprint density at radius 1 is 1.15 bits per heavy atom. The maximum absolute atomic E-state index is 13.5. The molecule has 3 aromatic heterocycles. The molecule has 10 nitrogen and oxygen atoms in total. The van der Waals surface area contributed by atoms with Crippen molar-refractivity contribution in [3.05, 3.63) is 88.8 Å². The lowest BCUT2D eigenvalue weighted by molar-refractivity contribution is 0.0927. The van der Waals surface area contributed by atoms with E-state index in [1.807, 2.05) is 36.4 Å². The summed E-state index contributed by atoms with van der Waals surface area (Å²) in [6.07, 6.45) is 3.86. The van der Waals surface area contributed by atoms with E-state index < -0.39 is 11.9 Å². The van der Waals surface area contributed by atoms with Crippen molar-refractivity contribution in [3.8, 4) is 5.69 Å². The van der Waals surface area contributed by atoms with Crippen LogP contribution < -0.4 is 10.6 Å². The zero-order valence-corrected chi connectivity index (χ0v) is 17.9. The average Bonchev–Trinajstić information content (AvgIpc) is 3.47. The number of benzene rings is 1. The Bertz CT molecular complexity index is 1300. The van der Waals surface area contributed by atoms with Crippen LogP contribution in [0.4, 0.5) is 0 Å². The van der Waals surface area contributed by atoms with Crippen molar-refractivity contribution < 1.29 is 14.1 Å². The first-order valence-electron chi connectivity index (χ1n) is 10.5. The third-order valence-corrected chi connectivity index (χ3v) is 5.45. The summed E-state index contributed by atoms with van der Waals surface area (Å²) in [6.45, 7) is 2.53. The molecule has 1 unspecified atom stereocenters. The zero-order chi connectivity index (χ0) is 22.8. The molecule has 2 N–H and O–H groups in total. The second kappa shape index (κ2) is 8.75. The Balaban J connectivity index is 1.42. The number of carbonyl (C=O) groups is 2. The number of pyridine rings is 1. The summed E-state index contributed by atoms with van der Waals surface area (Å²) in [5.41, 5.74) is 2.86. The Morgan fingerprint density at radius 3 is 2.79 bits per heavy atom. The number of aromatic nitrogens is 5. The van der Waals surface area contributed by atoms with E-state index in [-0.39, 0.29) is 23.7 Å². The second-order valence-corrected chi connectivity index (χ2v) is 7.67. The Labute approximate surface area is 189 Å². The summed E-state index contributed by atoms with van der Waals surface area (Å²) in [6, 6.07) is 12.2. The van der Waals surface area contributed by atoms with Gasteiger partial charge >= 0.3 is 0 Å². The molecule has 0 radical (unpaired) electrons. The summed E-state index contributed by atoms with van der Waals surface area (Å²) in [5, 5.41) is 18.8. The van der Waals surface area contributed by atoms with Crippen LogP contribution in [0.2, 0.25) is 0 Å². The minimum Gasteiger partial charge on any atom is -0.360 e. The number of hydrogen-bond acceptors (Lipinski definition) is 8. The number of nitrogens with one attached hydrogen (secondary N) is 2. The molecule has 0 bridgehead atoms. The van der Waals surface area contributed by atoms with E-state index in [9.17, 15) is 9.59 Å². The third-order valence-electron chi connectivity index (χ3n) is 5.45. The van der Waals surface area contributed by atoms with Gasteiger partial charge in [0.05, 0.1) is 16.9 Å². The molecule has 1 amide bonds. The standard InChI is InChI=1S/C23H21N7O3/c1-14-19(28-30(27-14)16-7-3-2-4-8-16)22(31)20-18-17(9-11-25-20)33-29-21(18)23(32)26-13-15-6-5-10-24-12-15/h2-8,10,12,20,25H,9,11,13H2,1H3,(H,26,32). The number of nitrogens with zero attached hydrogens (tertiary/aromatic N) is 5. The largest absolute Gasteiger partial charge is 0.360 e. The molecule has 1 aliphatic rings. The van der Waals surface area contributed by atoms with E-state index >= 15 is 0 Å². The first-order chi connectivity index (χ1) is 16.1. The van der Waals surface area contributed by atoms with E-state index in [1.54, 1.807) is 25.4 Å². The normalized spacial score (nSPS) is 15.1. The van der Waals surface area contributed by atoms with Crippen LogP contribution in [0.15, 0.2) is 59.4 Å². The number of aryl methyl sites for hydroxylation is 1. The molecule has 4 heterocycles. The minimum absolute atomic E-state index is 0.0903. The number of rotatable bonds is 6. The van der Waals surface area contributed by atoms with Crippen molar-refractivity contribution >= 4 is 11.7 Å². The van der Waals surface area contributed by atoms with Crippen LogP contribution in [-0.2, 0) is 13.0 Å². The van der Waals surface area contributed by atoms with Gasteiger partial charge in [0.25, 0.3) is 5.91 Å². The fourth-order valence-corrected chi connectivity index (χ4v) is 3.82. The highest BCUT2D eigenvalue weighted by molar-refractivity contribution is 6.03. The zero-order valence-electron chi connectivity index (χ0n) is 17.9. The summed E-state index contributed by atoms with van der Waals surface area (Å²) in [5.74, 6) is -0.193. The SMILES string of the molecule is Cc1nn(-c2ccccc2)nc1C(=O)C1NCCc2onc(C(=O)NCc3cccnc3)c21. The monoisotopic (exact) mass is 443 g/mol. The van der Waals surface area contributed by atoms with Crippen LogP contribution in [0.5, 0.6) is 0 Å². The Morgan fingerprint density at radius 2 is 2.00 bits per heavy atom. The second-order valence-electron chi connectivity index (χ2n) is 7.67. The predicted octanol–water partition coefficient (Wildman–Crippen LogP) is 1.96. The van der Waals surface area contributed by atoms with E-state index in [0.717, 1.165) is 11.3 Å². The van der Waals surface area contributed by atoms with Crippen LogP contribution in [0.3, 0.4) is 0 Å². The van der Waals surface area contributed by atoms with Gasteiger partial charge < -0.3 is 15.2 Å². The van der Waals surface area contributed by atoms with Gasteiger partial charge in [0, 0.05) is 31.9 Å². The molecular formula is C23H21N7O3. The third kappa shape index (κ3) is 4.03. The molecule has 1 aromatic carbocycles. The summed E-state index contributed by atoms with van der Waals surface area (Å²) in [7, 11) is 0. The fourth-order valence-electron chi connectivity index (χ4n) is 3.82. The highest BCUT2D eigenvalue weighted by Gasteiger charge is 2.37. The topological polar surface area (TPSA) is 128 Å². The average molecular weight is 443 g/mol. The van der Waals surface area contributed by atoms with E-state index in [0.29, 0.717) is 30.0 Å². The van der Waals surface area contributed by atoms with E-state index in [1.165, 1.54) is 4.80 Å². The first kappa shape index (κ1) is 20.7. The summed E-state index contributed by atoms with van der Waals surface area (Å²) >= 11 is 0. The van der Waals surface area contributed by atoms with Crippen molar-refractivity contribution in [1.82, 2.24) is 35.8 Å². The molecule has 0 saturated carbocycles. The van der Waals surface area contributed by atoms with Crippen LogP contribution in [0.1, 0.15) is 49.6 Å². The van der Waals surface area contributed by atoms with Crippen molar-refractivity contribution in [3.63, 3.8) is 0 Å². The molecule has 10 heteroatoms. The molecular weight excluding hydrogens is 422 g/mol.